The molecule has 1 atom stereocenters. The molecule has 0 aromatic rings. The molecule has 3 nitrogen and oxygen atoms in total. The molecule has 0 aromatic carbocycles. The average Bonchev–Trinajstić information content (AvgIpc) is 1.82. The first kappa shape index (κ1) is 8.88. The van der Waals surface area contributed by atoms with Crippen molar-refractivity contribution >= 4 is 0 Å². The maximum atomic E-state index is 5.34. The van der Waals surface area contributed by atoms with Crippen molar-refractivity contribution in [2.75, 3.05) is 13.7 Å². The minimum Gasteiger partial charge on any atom is -0.365 e. The molecule has 0 aliphatic heterocycles. The van der Waals surface area contributed by atoms with Crippen molar-refractivity contribution in [2.45, 2.75) is 26.1 Å². The van der Waals surface area contributed by atoms with Crippen LogP contribution in [0.1, 0.15) is 13.8 Å². The summed E-state index contributed by atoms with van der Waals surface area (Å²) in [6.07, 6.45) is 0.00463. The van der Waals surface area contributed by atoms with Crippen molar-refractivity contribution in [3.63, 3.8) is 0 Å². The lowest BCUT2D eigenvalue weighted by molar-refractivity contribution is 0.0738. The third-order valence-corrected chi connectivity index (χ3v) is 1.02. The van der Waals surface area contributed by atoms with Gasteiger partial charge in [0.15, 0.2) is 0 Å². The van der Waals surface area contributed by atoms with Gasteiger partial charge in [-0.05, 0) is 13.8 Å². The average molecular weight is 132 g/mol. The second kappa shape index (κ2) is 4.73. The maximum absolute atomic E-state index is 5.34. The van der Waals surface area contributed by atoms with Crippen molar-refractivity contribution in [3.8, 4) is 0 Å². The Kier molecular flexibility index (Phi) is 4.67. The van der Waals surface area contributed by atoms with Crippen LogP contribution >= 0.6 is 0 Å². The Morgan fingerprint density at radius 3 is 2.22 bits per heavy atom. The molecule has 0 aliphatic rings. The van der Waals surface area contributed by atoms with Gasteiger partial charge in [0, 0.05) is 19.7 Å². The minimum atomic E-state index is 0.00463. The Labute approximate surface area is 56.6 Å². The molecular weight excluding hydrogens is 116 g/mol. The van der Waals surface area contributed by atoms with E-state index in [1.54, 1.807) is 7.11 Å². The van der Waals surface area contributed by atoms with Crippen molar-refractivity contribution in [3.05, 3.63) is 0 Å². The molecule has 3 heteroatoms. The predicted molar refractivity (Wildman–Crippen MR) is 38.1 cm³/mol. The number of hydrogen-bond donors (Lipinski definition) is 2. The molecule has 0 bridgehead atoms. The summed E-state index contributed by atoms with van der Waals surface area (Å²) in [6, 6.07) is 0.429. The standard InChI is InChI=1S/C6H16N2O/c1-5(2)8-6(4-7)9-3/h5-6,8H,4,7H2,1-3H3. The van der Waals surface area contributed by atoms with Crippen LogP contribution in [0.5, 0.6) is 0 Å². The van der Waals surface area contributed by atoms with Crippen LogP contribution in [0.2, 0.25) is 0 Å². The molecule has 0 aliphatic carbocycles. The van der Waals surface area contributed by atoms with E-state index in [2.05, 4.69) is 19.2 Å². The number of nitrogens with two attached hydrogens (primary N) is 1. The largest absolute Gasteiger partial charge is 0.365 e. The van der Waals surface area contributed by atoms with Gasteiger partial charge >= 0.3 is 0 Å². The first-order chi connectivity index (χ1) is 4.20. The number of hydrogen-bond acceptors (Lipinski definition) is 3. The van der Waals surface area contributed by atoms with Crippen LogP contribution in [0.3, 0.4) is 0 Å². The highest BCUT2D eigenvalue weighted by Crippen LogP contribution is 1.84. The fourth-order valence-corrected chi connectivity index (χ4v) is 0.604. The lowest BCUT2D eigenvalue weighted by atomic mass is 10.4. The SMILES string of the molecule is COC(CN)NC(C)C. The lowest BCUT2D eigenvalue weighted by Crippen LogP contribution is -2.41. The molecule has 0 radical (unpaired) electrons. The van der Waals surface area contributed by atoms with E-state index in [1.165, 1.54) is 0 Å². The normalized spacial score (nSPS) is 14.3. The molecule has 0 aromatic heterocycles. The highest BCUT2D eigenvalue weighted by Gasteiger charge is 2.03. The Morgan fingerprint density at radius 1 is 1.56 bits per heavy atom. The molecule has 0 amide bonds. The van der Waals surface area contributed by atoms with Crippen molar-refractivity contribution in [1.29, 1.82) is 0 Å². The minimum absolute atomic E-state index is 0.00463. The van der Waals surface area contributed by atoms with Crippen LogP contribution in [0.25, 0.3) is 0 Å². The third kappa shape index (κ3) is 4.39. The topological polar surface area (TPSA) is 47.3 Å². The van der Waals surface area contributed by atoms with Crippen LogP contribution in [0.15, 0.2) is 0 Å². The molecule has 0 heterocycles. The summed E-state index contributed by atoms with van der Waals surface area (Å²) in [5, 5.41) is 3.13. The van der Waals surface area contributed by atoms with E-state index in [9.17, 15) is 0 Å². The van der Waals surface area contributed by atoms with Gasteiger partial charge in [0.25, 0.3) is 0 Å². The Bertz CT molecular complexity index is 62.1. The Hall–Kier alpha value is -0.120. The fraction of sp³-hybridized carbons (Fsp3) is 1.00. The predicted octanol–water partition coefficient (Wildman–Crippen LogP) is -0.0844. The van der Waals surface area contributed by atoms with E-state index >= 15 is 0 Å². The van der Waals surface area contributed by atoms with E-state index in [-0.39, 0.29) is 6.23 Å². The lowest BCUT2D eigenvalue weighted by Gasteiger charge is -2.17. The summed E-state index contributed by atoms with van der Waals surface area (Å²) < 4.78 is 4.97. The van der Waals surface area contributed by atoms with Crippen LogP contribution in [0.4, 0.5) is 0 Å². The van der Waals surface area contributed by atoms with Crippen LogP contribution in [-0.2, 0) is 4.74 Å². The molecule has 0 saturated carbocycles. The molecule has 0 rings (SSSR count). The molecule has 3 N–H and O–H groups in total. The van der Waals surface area contributed by atoms with Gasteiger partial charge in [0.05, 0.1) is 0 Å². The molecular formula is C6H16N2O. The molecule has 0 fully saturated rings. The number of rotatable bonds is 4. The first-order valence-corrected chi connectivity index (χ1v) is 3.19. The quantitative estimate of drug-likeness (QED) is 0.526. The zero-order valence-corrected chi connectivity index (χ0v) is 6.35. The molecule has 0 saturated heterocycles. The second-order valence-corrected chi connectivity index (χ2v) is 2.28. The van der Waals surface area contributed by atoms with Gasteiger partial charge in [-0.15, -0.1) is 0 Å². The summed E-state index contributed by atoms with van der Waals surface area (Å²) in [7, 11) is 1.65. The van der Waals surface area contributed by atoms with Gasteiger partial charge in [-0.2, -0.15) is 0 Å². The van der Waals surface area contributed by atoms with E-state index in [4.69, 9.17) is 10.5 Å². The van der Waals surface area contributed by atoms with Gasteiger partial charge in [0.2, 0.25) is 0 Å². The first-order valence-electron chi connectivity index (χ1n) is 3.19. The van der Waals surface area contributed by atoms with Crippen molar-refractivity contribution < 1.29 is 4.74 Å². The molecule has 56 valence electrons. The summed E-state index contributed by atoms with van der Waals surface area (Å²) in [5.74, 6) is 0. The molecule has 0 spiro atoms. The molecule has 1 unspecified atom stereocenters. The summed E-state index contributed by atoms with van der Waals surface area (Å²) in [6.45, 7) is 4.64. The monoisotopic (exact) mass is 132 g/mol. The third-order valence-electron chi connectivity index (χ3n) is 1.02. The van der Waals surface area contributed by atoms with Gasteiger partial charge in [-0.1, -0.05) is 0 Å². The second-order valence-electron chi connectivity index (χ2n) is 2.28. The highest BCUT2D eigenvalue weighted by atomic mass is 16.5. The van der Waals surface area contributed by atoms with E-state index < -0.39 is 0 Å². The van der Waals surface area contributed by atoms with E-state index in [1.807, 2.05) is 0 Å². The van der Waals surface area contributed by atoms with Crippen molar-refractivity contribution in [2.24, 2.45) is 5.73 Å². The maximum Gasteiger partial charge on any atom is 0.120 e. The van der Waals surface area contributed by atoms with E-state index in [0.717, 1.165) is 0 Å². The zero-order chi connectivity index (χ0) is 7.28. The summed E-state index contributed by atoms with van der Waals surface area (Å²) in [5.41, 5.74) is 5.34. The number of nitrogens with one attached hydrogen (secondary N) is 1. The highest BCUT2D eigenvalue weighted by molar-refractivity contribution is 4.58. The smallest absolute Gasteiger partial charge is 0.120 e. The Morgan fingerprint density at radius 2 is 2.11 bits per heavy atom. The molecule has 9 heavy (non-hydrogen) atoms. The van der Waals surface area contributed by atoms with Gasteiger partial charge in [-0.3, -0.25) is 5.32 Å². The number of ether oxygens (including phenoxy) is 1. The van der Waals surface area contributed by atoms with Gasteiger partial charge in [0.1, 0.15) is 6.23 Å². The summed E-state index contributed by atoms with van der Waals surface area (Å²) in [4.78, 5) is 0. The Balaban J connectivity index is 3.31. The van der Waals surface area contributed by atoms with Gasteiger partial charge in [-0.25, -0.2) is 0 Å². The van der Waals surface area contributed by atoms with Crippen LogP contribution in [0, 0.1) is 0 Å². The number of methoxy groups -OCH3 is 1. The van der Waals surface area contributed by atoms with E-state index in [0.29, 0.717) is 12.6 Å². The zero-order valence-electron chi connectivity index (χ0n) is 6.35. The fourth-order valence-electron chi connectivity index (χ4n) is 0.604. The van der Waals surface area contributed by atoms with Crippen molar-refractivity contribution in [1.82, 2.24) is 5.32 Å². The summed E-state index contributed by atoms with van der Waals surface area (Å²) >= 11 is 0. The van der Waals surface area contributed by atoms with Crippen LogP contribution < -0.4 is 11.1 Å². The van der Waals surface area contributed by atoms with Gasteiger partial charge < -0.3 is 10.5 Å². The van der Waals surface area contributed by atoms with Crippen LogP contribution in [-0.4, -0.2) is 25.9 Å².